The summed E-state index contributed by atoms with van der Waals surface area (Å²) in [7, 11) is 0. The Morgan fingerprint density at radius 3 is 2.73 bits per heavy atom. The van der Waals surface area contributed by atoms with Crippen molar-refractivity contribution in [2.75, 3.05) is 5.32 Å². The Bertz CT molecular complexity index is 721. The zero-order valence-electron chi connectivity index (χ0n) is 10.9. The number of carbonyl (C=O) groups is 1. The van der Waals surface area contributed by atoms with E-state index in [-0.39, 0.29) is 16.6 Å². The molecule has 0 bridgehead atoms. The highest BCUT2D eigenvalue weighted by molar-refractivity contribution is 7.15. The van der Waals surface area contributed by atoms with Crippen LogP contribution in [0, 0.1) is 17.6 Å². The third kappa shape index (κ3) is 2.94. The molecule has 1 fully saturated rings. The quantitative estimate of drug-likeness (QED) is 0.873. The zero-order valence-corrected chi connectivity index (χ0v) is 11.7. The topological polar surface area (TPSA) is 54.9 Å². The molecule has 1 heterocycles. The molecular weight excluding hydrogens is 322 g/mol. The standard InChI is InChI=1S/C13H9F4N3OS/c14-5-1-2-6(9(15)3-5)7-4-8(7)11(21)18-13-20-19-12(22-13)10(16)17/h1-3,7-8,10H,4H2,(H,18,20,21)/t7-,8+/m0/s1. The Morgan fingerprint density at radius 2 is 2.09 bits per heavy atom. The van der Waals surface area contributed by atoms with Crippen LogP contribution in [-0.2, 0) is 4.79 Å². The molecule has 4 nitrogen and oxygen atoms in total. The van der Waals surface area contributed by atoms with Gasteiger partial charge in [-0.3, -0.25) is 4.79 Å². The summed E-state index contributed by atoms with van der Waals surface area (Å²) >= 11 is 0.589. The summed E-state index contributed by atoms with van der Waals surface area (Å²) in [6, 6.07) is 3.20. The molecule has 3 rings (SSSR count). The van der Waals surface area contributed by atoms with Crippen LogP contribution in [0.1, 0.15) is 29.3 Å². The number of halogens is 4. The maximum Gasteiger partial charge on any atom is 0.291 e. The second-order valence-electron chi connectivity index (χ2n) is 4.85. The number of amides is 1. The molecule has 1 aromatic carbocycles. The average Bonchev–Trinajstić information content (AvgIpc) is 3.10. The van der Waals surface area contributed by atoms with E-state index in [1.165, 1.54) is 6.07 Å². The van der Waals surface area contributed by atoms with Crippen molar-refractivity contribution in [1.29, 1.82) is 0 Å². The number of aromatic nitrogens is 2. The van der Waals surface area contributed by atoms with Gasteiger partial charge >= 0.3 is 0 Å². The molecule has 0 spiro atoms. The smallest absolute Gasteiger partial charge is 0.291 e. The summed E-state index contributed by atoms with van der Waals surface area (Å²) < 4.78 is 51.2. The molecule has 9 heteroatoms. The van der Waals surface area contributed by atoms with Crippen molar-refractivity contribution < 1.29 is 22.4 Å². The molecule has 0 unspecified atom stereocenters. The Morgan fingerprint density at radius 1 is 1.32 bits per heavy atom. The number of hydrogen-bond donors (Lipinski definition) is 1. The average molecular weight is 331 g/mol. The van der Waals surface area contributed by atoms with Crippen molar-refractivity contribution in [2.45, 2.75) is 18.8 Å². The molecule has 1 saturated carbocycles. The van der Waals surface area contributed by atoms with Gasteiger partial charge in [0.15, 0.2) is 5.01 Å². The summed E-state index contributed by atoms with van der Waals surface area (Å²) in [5.41, 5.74) is 0.270. The summed E-state index contributed by atoms with van der Waals surface area (Å²) in [6.45, 7) is 0. The highest BCUT2D eigenvalue weighted by Crippen LogP contribution is 2.49. The second-order valence-corrected chi connectivity index (χ2v) is 5.86. The van der Waals surface area contributed by atoms with Crippen LogP contribution < -0.4 is 5.32 Å². The first kappa shape index (κ1) is 14.9. The predicted molar refractivity (Wildman–Crippen MR) is 70.7 cm³/mol. The Balaban J connectivity index is 1.65. The fourth-order valence-electron chi connectivity index (χ4n) is 2.20. The van der Waals surface area contributed by atoms with E-state index in [2.05, 4.69) is 15.5 Å². The number of anilines is 1. The number of hydrogen-bond acceptors (Lipinski definition) is 4. The molecule has 1 aliphatic carbocycles. The van der Waals surface area contributed by atoms with Gasteiger partial charge in [0.1, 0.15) is 11.6 Å². The first-order chi connectivity index (χ1) is 10.5. The fourth-order valence-corrected chi connectivity index (χ4v) is 2.80. The van der Waals surface area contributed by atoms with E-state index >= 15 is 0 Å². The van der Waals surface area contributed by atoms with Gasteiger partial charge in [0.25, 0.3) is 6.43 Å². The highest BCUT2D eigenvalue weighted by atomic mass is 32.1. The van der Waals surface area contributed by atoms with E-state index in [4.69, 9.17) is 0 Å². The van der Waals surface area contributed by atoms with Gasteiger partial charge in [-0.15, -0.1) is 10.2 Å². The minimum absolute atomic E-state index is 0.0227. The van der Waals surface area contributed by atoms with Crippen molar-refractivity contribution in [3.8, 4) is 0 Å². The first-order valence-corrected chi connectivity index (χ1v) is 7.14. The Kier molecular flexibility index (Phi) is 3.81. The largest absolute Gasteiger partial charge is 0.300 e. The molecule has 1 amide bonds. The molecule has 22 heavy (non-hydrogen) atoms. The van der Waals surface area contributed by atoms with Crippen molar-refractivity contribution >= 4 is 22.4 Å². The summed E-state index contributed by atoms with van der Waals surface area (Å²) in [4.78, 5) is 12.0. The van der Waals surface area contributed by atoms with E-state index in [1.54, 1.807) is 0 Å². The minimum Gasteiger partial charge on any atom is -0.300 e. The van der Waals surface area contributed by atoms with E-state index < -0.39 is 34.9 Å². The molecule has 1 aromatic heterocycles. The summed E-state index contributed by atoms with van der Waals surface area (Å²) in [6.07, 6.45) is -2.33. The van der Waals surface area contributed by atoms with Crippen LogP contribution in [0.25, 0.3) is 0 Å². The molecule has 0 saturated heterocycles. The van der Waals surface area contributed by atoms with Crippen LogP contribution in [0.3, 0.4) is 0 Å². The normalized spacial score (nSPS) is 20.2. The third-order valence-electron chi connectivity index (χ3n) is 3.35. The van der Waals surface area contributed by atoms with Gasteiger partial charge < -0.3 is 5.32 Å². The van der Waals surface area contributed by atoms with Crippen molar-refractivity contribution in [1.82, 2.24) is 10.2 Å². The lowest BCUT2D eigenvalue weighted by Gasteiger charge is -2.03. The Labute approximate surface area is 126 Å². The molecule has 2 aromatic rings. The van der Waals surface area contributed by atoms with Crippen LogP contribution in [0.2, 0.25) is 0 Å². The van der Waals surface area contributed by atoms with Crippen molar-refractivity contribution in [3.05, 3.63) is 40.4 Å². The van der Waals surface area contributed by atoms with Gasteiger partial charge in [0.05, 0.1) is 0 Å². The monoisotopic (exact) mass is 331 g/mol. The lowest BCUT2D eigenvalue weighted by molar-refractivity contribution is -0.117. The maximum atomic E-state index is 13.6. The number of carbonyl (C=O) groups excluding carboxylic acids is 1. The number of alkyl halides is 2. The first-order valence-electron chi connectivity index (χ1n) is 6.33. The number of benzene rings is 1. The molecule has 0 aliphatic heterocycles. The molecule has 1 N–H and O–H groups in total. The van der Waals surface area contributed by atoms with Crippen LogP contribution in [0.4, 0.5) is 22.7 Å². The van der Waals surface area contributed by atoms with Crippen LogP contribution >= 0.6 is 11.3 Å². The SMILES string of the molecule is O=C(Nc1nnc(C(F)F)s1)[C@@H]1C[C@H]1c1ccc(F)cc1F. The van der Waals surface area contributed by atoms with Crippen LogP contribution in [0.5, 0.6) is 0 Å². The molecule has 1 aliphatic rings. The van der Waals surface area contributed by atoms with E-state index in [0.717, 1.165) is 12.1 Å². The number of nitrogens with zero attached hydrogens (tertiary/aromatic N) is 2. The summed E-state index contributed by atoms with van der Waals surface area (Å²) in [5.74, 6) is -2.65. The highest BCUT2D eigenvalue weighted by Gasteiger charge is 2.45. The van der Waals surface area contributed by atoms with Gasteiger partial charge in [0.2, 0.25) is 11.0 Å². The van der Waals surface area contributed by atoms with Gasteiger partial charge in [-0.25, -0.2) is 17.6 Å². The van der Waals surface area contributed by atoms with Crippen molar-refractivity contribution in [3.63, 3.8) is 0 Å². The van der Waals surface area contributed by atoms with Crippen molar-refractivity contribution in [2.24, 2.45) is 5.92 Å². The summed E-state index contributed by atoms with van der Waals surface area (Å²) in [5, 5.41) is 8.58. The van der Waals surface area contributed by atoms with Gasteiger partial charge in [0, 0.05) is 12.0 Å². The van der Waals surface area contributed by atoms with Gasteiger partial charge in [-0.2, -0.15) is 0 Å². The van der Waals surface area contributed by atoms with E-state index in [9.17, 15) is 22.4 Å². The number of nitrogens with one attached hydrogen (secondary N) is 1. The maximum absolute atomic E-state index is 13.6. The third-order valence-corrected chi connectivity index (χ3v) is 4.19. The van der Waals surface area contributed by atoms with E-state index in [1.807, 2.05) is 0 Å². The Hall–Kier alpha value is -2.03. The number of rotatable bonds is 4. The molecule has 116 valence electrons. The fraction of sp³-hybridized carbons (Fsp3) is 0.308. The van der Waals surface area contributed by atoms with Gasteiger partial charge in [-0.05, 0) is 24.0 Å². The van der Waals surface area contributed by atoms with Crippen LogP contribution in [-0.4, -0.2) is 16.1 Å². The lowest BCUT2D eigenvalue weighted by atomic mass is 10.1. The van der Waals surface area contributed by atoms with Crippen LogP contribution in [0.15, 0.2) is 18.2 Å². The zero-order chi connectivity index (χ0) is 15.9. The minimum atomic E-state index is -2.75. The second kappa shape index (κ2) is 5.64. The predicted octanol–water partition coefficient (Wildman–Crippen LogP) is 3.50. The van der Waals surface area contributed by atoms with Gasteiger partial charge in [-0.1, -0.05) is 17.4 Å². The molecule has 0 radical (unpaired) electrons. The lowest BCUT2D eigenvalue weighted by Crippen LogP contribution is -2.14. The molecular formula is C13H9F4N3OS. The molecule has 2 atom stereocenters. The van der Waals surface area contributed by atoms with E-state index in [0.29, 0.717) is 17.8 Å².